The quantitative estimate of drug-likeness (QED) is 0.804. The largest absolute Gasteiger partial charge is 0.351 e. The van der Waals surface area contributed by atoms with Crippen molar-refractivity contribution in [3.05, 3.63) is 29.8 Å². The molecule has 2 rings (SSSR count). The molecule has 0 bridgehead atoms. The SMILES string of the molecule is CC(C)N(C)S(=O)(=O)c1cccc(C(=O)NCC2(C)CCNCC2)c1. The van der Waals surface area contributed by atoms with Gasteiger partial charge in [0.25, 0.3) is 5.91 Å². The van der Waals surface area contributed by atoms with Crippen LogP contribution in [0, 0.1) is 5.41 Å². The van der Waals surface area contributed by atoms with Crippen molar-refractivity contribution in [2.45, 2.75) is 44.6 Å². The highest BCUT2D eigenvalue weighted by Crippen LogP contribution is 2.27. The number of amides is 1. The van der Waals surface area contributed by atoms with Crippen molar-refractivity contribution in [1.82, 2.24) is 14.9 Å². The highest BCUT2D eigenvalue weighted by Gasteiger charge is 2.28. The number of benzene rings is 1. The first-order valence-electron chi connectivity index (χ1n) is 8.73. The van der Waals surface area contributed by atoms with Gasteiger partial charge in [-0.15, -0.1) is 0 Å². The summed E-state index contributed by atoms with van der Waals surface area (Å²) in [6, 6.07) is 6.09. The Morgan fingerprint density at radius 3 is 2.56 bits per heavy atom. The Morgan fingerprint density at radius 1 is 1.32 bits per heavy atom. The van der Waals surface area contributed by atoms with E-state index in [-0.39, 0.29) is 22.3 Å². The molecule has 1 amide bonds. The van der Waals surface area contributed by atoms with E-state index < -0.39 is 10.0 Å². The summed E-state index contributed by atoms with van der Waals surface area (Å²) in [5.74, 6) is -0.232. The summed E-state index contributed by atoms with van der Waals surface area (Å²) in [6.45, 7) is 8.31. The molecule has 1 aliphatic rings. The maximum Gasteiger partial charge on any atom is 0.251 e. The van der Waals surface area contributed by atoms with Gasteiger partial charge in [-0.3, -0.25) is 4.79 Å². The third-order valence-corrected chi connectivity index (χ3v) is 7.02. The van der Waals surface area contributed by atoms with Crippen molar-refractivity contribution in [2.75, 3.05) is 26.7 Å². The van der Waals surface area contributed by atoms with E-state index in [0.29, 0.717) is 12.1 Å². The van der Waals surface area contributed by atoms with Crippen LogP contribution in [0.25, 0.3) is 0 Å². The molecule has 7 heteroatoms. The van der Waals surface area contributed by atoms with Crippen molar-refractivity contribution in [3.8, 4) is 0 Å². The van der Waals surface area contributed by atoms with Gasteiger partial charge in [-0.05, 0) is 63.4 Å². The van der Waals surface area contributed by atoms with Crippen LogP contribution in [-0.4, -0.2) is 51.4 Å². The van der Waals surface area contributed by atoms with Gasteiger partial charge < -0.3 is 10.6 Å². The Kier molecular flexibility index (Phi) is 6.24. The maximum absolute atomic E-state index is 12.6. The molecule has 1 aliphatic heterocycles. The molecule has 1 heterocycles. The lowest BCUT2D eigenvalue weighted by Gasteiger charge is -2.34. The van der Waals surface area contributed by atoms with Gasteiger partial charge in [0.2, 0.25) is 10.0 Å². The highest BCUT2D eigenvalue weighted by atomic mass is 32.2. The molecule has 25 heavy (non-hydrogen) atoms. The first-order chi connectivity index (χ1) is 11.7. The Hall–Kier alpha value is -1.44. The van der Waals surface area contributed by atoms with Gasteiger partial charge in [0, 0.05) is 25.2 Å². The monoisotopic (exact) mass is 367 g/mol. The maximum atomic E-state index is 12.6. The number of nitrogens with zero attached hydrogens (tertiary/aromatic N) is 1. The summed E-state index contributed by atoms with van der Waals surface area (Å²) in [6.07, 6.45) is 2.03. The number of hydrogen-bond donors (Lipinski definition) is 2. The fourth-order valence-electron chi connectivity index (χ4n) is 2.84. The van der Waals surface area contributed by atoms with E-state index in [1.807, 2.05) is 13.8 Å². The Balaban J connectivity index is 2.11. The highest BCUT2D eigenvalue weighted by molar-refractivity contribution is 7.89. The predicted molar refractivity (Wildman–Crippen MR) is 99.1 cm³/mol. The average molecular weight is 368 g/mol. The van der Waals surface area contributed by atoms with E-state index in [2.05, 4.69) is 17.6 Å². The molecule has 0 aliphatic carbocycles. The Morgan fingerprint density at radius 2 is 1.96 bits per heavy atom. The third kappa shape index (κ3) is 4.80. The van der Waals surface area contributed by atoms with Crippen LogP contribution in [0.5, 0.6) is 0 Å². The van der Waals surface area contributed by atoms with Crippen molar-refractivity contribution >= 4 is 15.9 Å². The van der Waals surface area contributed by atoms with E-state index in [1.54, 1.807) is 19.2 Å². The van der Waals surface area contributed by atoms with Gasteiger partial charge >= 0.3 is 0 Å². The van der Waals surface area contributed by atoms with E-state index >= 15 is 0 Å². The van der Waals surface area contributed by atoms with Crippen LogP contribution < -0.4 is 10.6 Å². The Bertz CT molecular complexity index is 710. The molecule has 0 saturated carbocycles. The third-order valence-electron chi connectivity index (χ3n) is 4.99. The second-order valence-electron chi connectivity index (χ2n) is 7.39. The van der Waals surface area contributed by atoms with Crippen LogP contribution in [0.1, 0.15) is 44.0 Å². The summed E-state index contributed by atoms with van der Waals surface area (Å²) in [5.41, 5.74) is 0.457. The fourth-order valence-corrected chi connectivity index (χ4v) is 4.26. The standard InChI is InChI=1S/C18H29N3O3S/c1-14(2)21(4)25(23,24)16-7-5-6-15(12-16)17(22)20-13-18(3)8-10-19-11-9-18/h5-7,12,14,19H,8-11,13H2,1-4H3,(H,20,22). The molecule has 1 aromatic rings. The van der Waals surface area contributed by atoms with Crippen molar-refractivity contribution < 1.29 is 13.2 Å². The lowest BCUT2D eigenvalue weighted by molar-refractivity contribution is 0.0922. The molecule has 140 valence electrons. The molecule has 1 saturated heterocycles. The molecule has 1 fully saturated rings. The van der Waals surface area contributed by atoms with E-state index in [9.17, 15) is 13.2 Å². The molecule has 2 N–H and O–H groups in total. The number of nitrogens with one attached hydrogen (secondary N) is 2. The number of carbonyl (C=O) groups is 1. The predicted octanol–water partition coefficient (Wildman–Crippen LogP) is 1.83. The summed E-state index contributed by atoms with van der Waals surface area (Å²) in [5, 5.41) is 6.28. The number of carbonyl (C=O) groups excluding carboxylic acids is 1. The lowest BCUT2D eigenvalue weighted by Crippen LogP contribution is -2.42. The summed E-state index contributed by atoms with van der Waals surface area (Å²) < 4.78 is 26.5. The molecule has 0 aromatic heterocycles. The van der Waals surface area contributed by atoms with Gasteiger partial charge in [0.1, 0.15) is 0 Å². The summed E-state index contributed by atoms with van der Waals surface area (Å²) in [4.78, 5) is 12.6. The first kappa shape index (κ1) is 19.9. The van der Waals surface area contributed by atoms with Gasteiger partial charge in [0.05, 0.1) is 4.90 Å². The van der Waals surface area contributed by atoms with E-state index in [1.165, 1.54) is 16.4 Å². The minimum Gasteiger partial charge on any atom is -0.351 e. The Labute approximate surface area is 151 Å². The lowest BCUT2D eigenvalue weighted by atomic mass is 9.81. The zero-order valence-corrected chi connectivity index (χ0v) is 16.3. The number of sulfonamides is 1. The normalized spacial score (nSPS) is 17.7. The summed E-state index contributed by atoms with van der Waals surface area (Å²) in [7, 11) is -2.05. The average Bonchev–Trinajstić information content (AvgIpc) is 2.59. The van der Waals surface area contributed by atoms with Crippen LogP contribution >= 0.6 is 0 Å². The van der Waals surface area contributed by atoms with Gasteiger partial charge in [-0.1, -0.05) is 13.0 Å². The van der Waals surface area contributed by atoms with Gasteiger partial charge in [-0.25, -0.2) is 8.42 Å². The second kappa shape index (κ2) is 7.85. The van der Waals surface area contributed by atoms with Crippen LogP contribution in [0.3, 0.4) is 0 Å². The molecule has 0 unspecified atom stereocenters. The first-order valence-corrected chi connectivity index (χ1v) is 10.2. The molecular weight excluding hydrogens is 338 g/mol. The smallest absolute Gasteiger partial charge is 0.251 e. The van der Waals surface area contributed by atoms with E-state index in [4.69, 9.17) is 0 Å². The van der Waals surface area contributed by atoms with Crippen molar-refractivity contribution in [1.29, 1.82) is 0 Å². The fraction of sp³-hybridized carbons (Fsp3) is 0.611. The molecule has 0 atom stereocenters. The van der Waals surface area contributed by atoms with Gasteiger partial charge in [0.15, 0.2) is 0 Å². The van der Waals surface area contributed by atoms with Crippen LogP contribution in [-0.2, 0) is 10.0 Å². The molecule has 0 radical (unpaired) electrons. The molecular formula is C18H29N3O3S. The number of rotatable bonds is 6. The van der Waals surface area contributed by atoms with Crippen LogP contribution in [0.2, 0.25) is 0 Å². The van der Waals surface area contributed by atoms with Crippen molar-refractivity contribution in [3.63, 3.8) is 0 Å². The zero-order chi connectivity index (χ0) is 18.7. The van der Waals surface area contributed by atoms with Gasteiger partial charge in [-0.2, -0.15) is 4.31 Å². The minimum absolute atomic E-state index is 0.0858. The zero-order valence-electron chi connectivity index (χ0n) is 15.5. The van der Waals surface area contributed by atoms with Crippen molar-refractivity contribution in [2.24, 2.45) is 5.41 Å². The molecule has 6 nitrogen and oxygen atoms in total. The minimum atomic E-state index is -3.60. The number of piperidine rings is 1. The van der Waals surface area contributed by atoms with Crippen LogP contribution in [0.4, 0.5) is 0 Å². The number of hydrogen-bond acceptors (Lipinski definition) is 4. The topological polar surface area (TPSA) is 78.5 Å². The van der Waals surface area contributed by atoms with Crippen LogP contribution in [0.15, 0.2) is 29.2 Å². The molecule has 0 spiro atoms. The second-order valence-corrected chi connectivity index (χ2v) is 9.38. The summed E-state index contributed by atoms with van der Waals surface area (Å²) >= 11 is 0. The van der Waals surface area contributed by atoms with E-state index in [0.717, 1.165) is 25.9 Å². The molecule has 1 aromatic carbocycles.